The average molecular weight is 297 g/mol. The Balaban J connectivity index is 1.94. The highest BCUT2D eigenvalue weighted by Crippen LogP contribution is 2.46. The van der Waals surface area contributed by atoms with Crippen molar-refractivity contribution in [3.05, 3.63) is 35.4 Å². The number of amides is 1. The van der Waals surface area contributed by atoms with Gasteiger partial charge in [-0.25, -0.2) is 0 Å². The normalized spacial score (nSPS) is 29.6. The van der Waals surface area contributed by atoms with Crippen LogP contribution in [0.2, 0.25) is 0 Å². The molecule has 0 aromatic heterocycles. The summed E-state index contributed by atoms with van der Waals surface area (Å²) in [6.07, 6.45) is -1.57. The van der Waals surface area contributed by atoms with E-state index in [-0.39, 0.29) is 23.7 Å². The highest BCUT2D eigenvalue weighted by atomic mass is 19.4. The van der Waals surface area contributed by atoms with E-state index >= 15 is 0 Å². The molecule has 2 aliphatic rings. The van der Waals surface area contributed by atoms with Crippen LogP contribution in [-0.4, -0.2) is 24.4 Å². The van der Waals surface area contributed by atoms with Gasteiger partial charge in [0.2, 0.25) is 5.91 Å². The van der Waals surface area contributed by atoms with Gasteiger partial charge in [-0.05, 0) is 36.3 Å². The lowest BCUT2D eigenvalue weighted by molar-refractivity contribution is -0.137. The molecule has 5 heteroatoms. The zero-order valence-corrected chi connectivity index (χ0v) is 11.9. The van der Waals surface area contributed by atoms with Crippen LogP contribution in [0, 0.1) is 11.8 Å². The van der Waals surface area contributed by atoms with E-state index in [0.717, 1.165) is 31.9 Å². The van der Waals surface area contributed by atoms with Crippen molar-refractivity contribution in [1.82, 2.24) is 4.90 Å². The van der Waals surface area contributed by atoms with E-state index in [1.807, 2.05) is 0 Å². The molecule has 3 atom stereocenters. The minimum atomic E-state index is -4.33. The predicted molar refractivity (Wildman–Crippen MR) is 72.7 cm³/mol. The summed E-state index contributed by atoms with van der Waals surface area (Å²) in [5, 5.41) is 0. The molecular formula is C16H18F3NO. The summed E-state index contributed by atoms with van der Waals surface area (Å²) < 4.78 is 38.6. The fourth-order valence-electron chi connectivity index (χ4n) is 3.88. The molecule has 1 aromatic rings. The van der Waals surface area contributed by atoms with Crippen molar-refractivity contribution in [2.45, 2.75) is 31.4 Å². The maximum Gasteiger partial charge on any atom is 0.416 e. The van der Waals surface area contributed by atoms with E-state index < -0.39 is 11.7 Å². The number of benzene rings is 1. The Labute approximate surface area is 121 Å². The van der Waals surface area contributed by atoms with Crippen molar-refractivity contribution in [2.75, 3.05) is 13.6 Å². The van der Waals surface area contributed by atoms with Crippen molar-refractivity contribution in [1.29, 1.82) is 0 Å². The van der Waals surface area contributed by atoms with Gasteiger partial charge < -0.3 is 4.90 Å². The van der Waals surface area contributed by atoms with Crippen LogP contribution in [0.15, 0.2) is 24.3 Å². The number of rotatable bonds is 1. The molecule has 1 saturated heterocycles. The first-order valence-electron chi connectivity index (χ1n) is 7.30. The Morgan fingerprint density at radius 2 is 2.00 bits per heavy atom. The average Bonchev–Trinajstić information content (AvgIpc) is 2.73. The maximum absolute atomic E-state index is 12.9. The second-order valence-electron chi connectivity index (χ2n) is 6.17. The molecule has 1 saturated carbocycles. The molecule has 3 rings (SSSR count). The number of halogens is 3. The third kappa shape index (κ3) is 2.54. The lowest BCUT2D eigenvalue weighted by atomic mass is 9.70. The molecule has 0 N–H and O–H groups in total. The standard InChI is InChI=1S/C16H18F3NO/c1-20-9-11-5-3-7-13(14(11)15(20)21)10-4-2-6-12(8-10)16(17,18)19/h2,4,6,8,11,13-14H,3,5,7,9H2,1H3/t11-,13-,14+/m0/s1. The molecule has 1 amide bonds. The van der Waals surface area contributed by atoms with E-state index in [2.05, 4.69) is 0 Å². The Morgan fingerprint density at radius 3 is 2.71 bits per heavy atom. The molecule has 1 aromatic carbocycles. The van der Waals surface area contributed by atoms with E-state index in [9.17, 15) is 18.0 Å². The largest absolute Gasteiger partial charge is 0.416 e. The van der Waals surface area contributed by atoms with Crippen molar-refractivity contribution < 1.29 is 18.0 Å². The number of carbonyl (C=O) groups is 1. The van der Waals surface area contributed by atoms with Crippen LogP contribution >= 0.6 is 0 Å². The Bertz CT molecular complexity index is 555. The van der Waals surface area contributed by atoms with E-state index in [1.54, 1.807) is 18.0 Å². The molecule has 2 nitrogen and oxygen atoms in total. The summed E-state index contributed by atoms with van der Waals surface area (Å²) in [6, 6.07) is 5.49. The summed E-state index contributed by atoms with van der Waals surface area (Å²) in [5.41, 5.74) is 0.0316. The van der Waals surface area contributed by atoms with Crippen LogP contribution in [0.1, 0.15) is 36.3 Å². The van der Waals surface area contributed by atoms with Gasteiger partial charge in [-0.2, -0.15) is 13.2 Å². The van der Waals surface area contributed by atoms with Crippen molar-refractivity contribution in [3.63, 3.8) is 0 Å². The smallest absolute Gasteiger partial charge is 0.345 e. The fourth-order valence-corrected chi connectivity index (χ4v) is 3.88. The van der Waals surface area contributed by atoms with Crippen LogP contribution in [0.25, 0.3) is 0 Å². The Hall–Kier alpha value is -1.52. The molecule has 2 fully saturated rings. The van der Waals surface area contributed by atoms with Gasteiger partial charge in [0.15, 0.2) is 0 Å². The van der Waals surface area contributed by atoms with Gasteiger partial charge in [-0.15, -0.1) is 0 Å². The van der Waals surface area contributed by atoms with Crippen LogP contribution in [0.4, 0.5) is 13.2 Å². The van der Waals surface area contributed by atoms with Gasteiger partial charge in [0, 0.05) is 19.5 Å². The molecule has 0 spiro atoms. The first kappa shape index (κ1) is 14.4. The molecule has 0 bridgehead atoms. The molecule has 114 valence electrons. The Morgan fingerprint density at radius 1 is 1.24 bits per heavy atom. The van der Waals surface area contributed by atoms with Crippen molar-refractivity contribution in [2.24, 2.45) is 11.8 Å². The van der Waals surface area contributed by atoms with E-state index in [1.165, 1.54) is 12.1 Å². The summed E-state index contributed by atoms with van der Waals surface area (Å²) in [7, 11) is 1.78. The monoisotopic (exact) mass is 297 g/mol. The summed E-state index contributed by atoms with van der Waals surface area (Å²) >= 11 is 0. The quantitative estimate of drug-likeness (QED) is 0.774. The molecule has 21 heavy (non-hydrogen) atoms. The summed E-state index contributed by atoms with van der Waals surface area (Å²) in [6.45, 7) is 0.735. The van der Waals surface area contributed by atoms with Gasteiger partial charge >= 0.3 is 6.18 Å². The zero-order valence-electron chi connectivity index (χ0n) is 11.9. The number of hydrogen-bond donors (Lipinski definition) is 0. The fraction of sp³-hybridized carbons (Fsp3) is 0.562. The number of fused-ring (bicyclic) bond motifs is 1. The number of hydrogen-bond acceptors (Lipinski definition) is 1. The highest BCUT2D eigenvalue weighted by molar-refractivity contribution is 5.82. The van der Waals surface area contributed by atoms with Crippen LogP contribution < -0.4 is 0 Å². The minimum Gasteiger partial charge on any atom is -0.345 e. The number of alkyl halides is 3. The molecular weight excluding hydrogens is 279 g/mol. The molecule has 0 unspecified atom stereocenters. The predicted octanol–water partition coefficient (Wildman–Crippen LogP) is 3.68. The topological polar surface area (TPSA) is 20.3 Å². The van der Waals surface area contributed by atoms with Crippen molar-refractivity contribution >= 4 is 5.91 Å². The molecule has 1 aliphatic carbocycles. The van der Waals surface area contributed by atoms with E-state index in [0.29, 0.717) is 5.56 Å². The first-order valence-corrected chi connectivity index (χ1v) is 7.30. The van der Waals surface area contributed by atoms with Gasteiger partial charge in [0.1, 0.15) is 0 Å². The third-order valence-electron chi connectivity index (χ3n) is 4.84. The lowest BCUT2D eigenvalue weighted by Crippen LogP contribution is -2.30. The number of nitrogens with zero attached hydrogens (tertiary/aromatic N) is 1. The van der Waals surface area contributed by atoms with Crippen LogP contribution in [0.5, 0.6) is 0 Å². The molecule has 1 heterocycles. The van der Waals surface area contributed by atoms with Crippen LogP contribution in [-0.2, 0) is 11.0 Å². The second-order valence-corrected chi connectivity index (χ2v) is 6.17. The van der Waals surface area contributed by atoms with Gasteiger partial charge in [0.05, 0.1) is 5.56 Å². The van der Waals surface area contributed by atoms with Crippen LogP contribution in [0.3, 0.4) is 0 Å². The lowest BCUT2D eigenvalue weighted by Gasteiger charge is -2.32. The molecule has 1 aliphatic heterocycles. The first-order chi connectivity index (χ1) is 9.88. The minimum absolute atomic E-state index is 0.0801. The SMILES string of the molecule is CN1C[C@@H]2CCC[C@@H](c3cccc(C(F)(F)F)c3)[C@@H]2C1=O. The second kappa shape index (κ2) is 5.04. The number of likely N-dealkylation sites (tertiary alicyclic amines) is 1. The number of carbonyl (C=O) groups excluding carboxylic acids is 1. The third-order valence-corrected chi connectivity index (χ3v) is 4.84. The Kier molecular flexibility index (Phi) is 3.46. The van der Waals surface area contributed by atoms with Gasteiger partial charge in [-0.1, -0.05) is 24.6 Å². The summed E-state index contributed by atoms with van der Waals surface area (Å²) in [4.78, 5) is 14.0. The van der Waals surface area contributed by atoms with Gasteiger partial charge in [0.25, 0.3) is 0 Å². The summed E-state index contributed by atoms with van der Waals surface area (Å²) in [5.74, 6) is 0.147. The highest BCUT2D eigenvalue weighted by Gasteiger charge is 2.46. The van der Waals surface area contributed by atoms with Gasteiger partial charge in [-0.3, -0.25) is 4.79 Å². The van der Waals surface area contributed by atoms with Crippen molar-refractivity contribution in [3.8, 4) is 0 Å². The molecule has 0 radical (unpaired) electrons. The maximum atomic E-state index is 12.9. The zero-order chi connectivity index (χ0) is 15.2. The van der Waals surface area contributed by atoms with E-state index in [4.69, 9.17) is 0 Å².